The monoisotopic (exact) mass is 1260 g/mol. The number of aliphatic imine (C=N–C) groups is 4. The molecule has 0 saturated heterocycles. The highest BCUT2D eigenvalue weighted by molar-refractivity contribution is 6.70. The molecule has 0 aliphatic rings. The fourth-order valence-electron chi connectivity index (χ4n) is 7.85. The second-order valence-corrected chi connectivity index (χ2v) is 20.1. The number of carbonyl (C=O) groups is 3. The third-order valence-electron chi connectivity index (χ3n) is 12.5. The number of halogens is 3. The molecule has 0 aromatic heterocycles. The number of hydrogen-bond acceptors (Lipinski definition) is 11. The van der Waals surface area contributed by atoms with Crippen molar-refractivity contribution in [3.05, 3.63) is 348 Å². The van der Waals surface area contributed by atoms with Gasteiger partial charge in [-0.05, 0) is 157 Å². The minimum absolute atomic E-state index is 0.170. The van der Waals surface area contributed by atoms with Crippen LogP contribution in [0.25, 0.3) is 0 Å². The number of benzene rings is 11. The van der Waals surface area contributed by atoms with Crippen molar-refractivity contribution in [1.29, 1.82) is 0 Å². The van der Waals surface area contributed by atoms with Gasteiger partial charge in [0.25, 0.3) is 17.1 Å². The van der Waals surface area contributed by atoms with E-state index in [9.17, 15) is 14.4 Å². The highest BCUT2D eigenvalue weighted by Gasteiger charge is 2.09. The Morgan fingerprint density at radius 2 is 0.527 bits per heavy atom. The lowest BCUT2D eigenvalue weighted by molar-refractivity contribution is 0.101. The average Bonchev–Trinajstić information content (AvgIpc) is 2.43. The Morgan fingerprint density at radius 3 is 0.769 bits per heavy atom. The molecule has 0 saturated carbocycles. The third kappa shape index (κ3) is 23.4. The van der Waals surface area contributed by atoms with Gasteiger partial charge in [-0.25, -0.2) is 20.0 Å². The average molecular weight is 1260 g/mol. The second kappa shape index (κ2) is 36.8. The SMILES string of the molecule is COC(=Nc1ccc(N=C(OC)c2ccccc2)cc1)c1ccccc1.ClC(=Nc1ccc(N=C(Cl)c2ccccc2)cc1)c1ccccc1.Nc1ccc(N)cc1.O=C(Cl)c1ccccc1.O=C(Nc1ccc(NC(=O)c2ccccc2)cc1)c1ccccc1. The van der Waals surface area contributed by atoms with Crippen LogP contribution < -0.4 is 22.1 Å². The summed E-state index contributed by atoms with van der Waals surface area (Å²) >= 11 is 17.7. The molecule has 0 radical (unpaired) electrons. The molecule has 454 valence electrons. The molecule has 0 unspecified atom stereocenters. The normalized spacial score (nSPS) is 11.0. The molecule has 0 aliphatic carbocycles. The lowest BCUT2D eigenvalue weighted by Gasteiger charge is -2.08. The van der Waals surface area contributed by atoms with Crippen LogP contribution in [-0.4, -0.2) is 53.4 Å². The maximum Gasteiger partial charge on any atom is 0.255 e. The second-order valence-electron chi connectivity index (χ2n) is 19.1. The van der Waals surface area contributed by atoms with Crippen LogP contribution in [0.3, 0.4) is 0 Å². The third-order valence-corrected chi connectivity index (χ3v) is 13.3. The summed E-state index contributed by atoms with van der Waals surface area (Å²) in [5, 5.41) is 6.14. The zero-order chi connectivity index (χ0) is 64.4. The van der Waals surface area contributed by atoms with Gasteiger partial charge in [0, 0.05) is 61.7 Å². The Labute approximate surface area is 544 Å². The molecule has 13 nitrogen and oxygen atoms in total. The lowest BCUT2D eigenvalue weighted by atomic mass is 10.2. The van der Waals surface area contributed by atoms with Crippen molar-refractivity contribution in [1.82, 2.24) is 0 Å². The van der Waals surface area contributed by atoms with Crippen LogP contribution in [0.4, 0.5) is 45.5 Å². The molecular weight excluding hydrogens is 1200 g/mol. The van der Waals surface area contributed by atoms with Crippen molar-refractivity contribution < 1.29 is 23.9 Å². The number of nitrogens with zero attached hydrogens (tertiary/aromatic N) is 4. The maximum atomic E-state index is 12.1. The van der Waals surface area contributed by atoms with Crippen molar-refractivity contribution in [2.24, 2.45) is 20.0 Å². The van der Waals surface area contributed by atoms with E-state index in [4.69, 9.17) is 55.7 Å². The summed E-state index contributed by atoms with van der Waals surface area (Å²) in [5.74, 6) is 0.806. The minimum Gasteiger partial charge on any atom is -0.481 e. The molecule has 0 atom stereocenters. The van der Waals surface area contributed by atoms with Crippen LogP contribution in [0.5, 0.6) is 0 Å². The predicted molar refractivity (Wildman–Crippen MR) is 376 cm³/mol. The first-order chi connectivity index (χ1) is 44.3. The highest BCUT2D eigenvalue weighted by Crippen LogP contribution is 2.24. The summed E-state index contributed by atoms with van der Waals surface area (Å²) in [6, 6.07) is 94.8. The molecule has 0 spiro atoms. The van der Waals surface area contributed by atoms with Crippen LogP contribution >= 0.6 is 34.8 Å². The summed E-state index contributed by atoms with van der Waals surface area (Å²) in [5.41, 5.74) is 22.1. The Balaban J connectivity index is 0.000000171. The highest BCUT2D eigenvalue weighted by atomic mass is 35.5. The first-order valence-corrected chi connectivity index (χ1v) is 29.3. The number of nitrogens with two attached hydrogens (primary N) is 2. The molecule has 11 rings (SSSR count). The van der Waals surface area contributed by atoms with E-state index < -0.39 is 5.24 Å². The maximum absolute atomic E-state index is 12.1. The van der Waals surface area contributed by atoms with Crippen LogP contribution in [0.2, 0.25) is 0 Å². The number of anilines is 4. The molecule has 0 bridgehead atoms. The number of methoxy groups -OCH3 is 2. The number of ether oxygens (including phenoxy) is 2. The fourth-order valence-corrected chi connectivity index (χ4v) is 8.42. The van der Waals surface area contributed by atoms with E-state index in [1.807, 2.05) is 212 Å². The smallest absolute Gasteiger partial charge is 0.255 e. The van der Waals surface area contributed by atoms with E-state index in [-0.39, 0.29) is 11.8 Å². The standard InChI is InChI=1S/C22H20N2O2.C20H14Cl2N2.C20H16N2O2.C7H5ClO.C6H8N2/c1-25-21(17-9-5-3-6-10-17)23-19-13-15-20(16-14-19)24-22(26-2)18-11-7-4-8-12-18;21-19(15-7-3-1-4-8-15)23-17-11-13-18(14-12-17)24-20(22)16-9-5-2-6-10-16;23-19(15-7-3-1-4-8-15)21-17-11-13-18(14-12-17)22-20(24)16-9-5-2-6-10-16;8-7(9)6-4-2-1-3-5-6;7-5-1-2-6(8)4-3-5/h3-16H,1-2H3;1-14H;1-14H,(H,21,23)(H,22,24);1-5H;1-4H,7-8H2. The van der Waals surface area contributed by atoms with Gasteiger partial charge in [-0.15, -0.1) is 0 Å². The molecule has 16 heteroatoms. The lowest BCUT2D eigenvalue weighted by Crippen LogP contribution is -2.13. The van der Waals surface area contributed by atoms with E-state index in [1.165, 1.54) is 0 Å². The van der Waals surface area contributed by atoms with Gasteiger partial charge in [-0.1, -0.05) is 187 Å². The van der Waals surface area contributed by atoms with E-state index in [2.05, 4.69) is 30.6 Å². The number of carbonyl (C=O) groups excluding carboxylic acids is 3. The molecular formula is C75H63Cl3N8O5. The number of hydrogen-bond donors (Lipinski definition) is 4. The number of nitrogens with one attached hydrogen (secondary N) is 2. The molecule has 91 heavy (non-hydrogen) atoms. The molecule has 0 heterocycles. The predicted octanol–water partition coefficient (Wildman–Crippen LogP) is 18.6. The number of nitrogen functional groups attached to an aromatic ring is 2. The molecule has 6 N–H and O–H groups in total. The topological polar surface area (TPSA) is 195 Å². The van der Waals surface area contributed by atoms with Gasteiger partial charge in [0.05, 0.1) is 37.0 Å². The van der Waals surface area contributed by atoms with Gasteiger partial charge in [0.1, 0.15) is 10.3 Å². The van der Waals surface area contributed by atoms with Crippen molar-refractivity contribution in [3.8, 4) is 0 Å². The minimum atomic E-state index is -0.407. The number of rotatable bonds is 13. The Kier molecular flexibility index (Phi) is 27.2. The quantitative estimate of drug-likeness (QED) is 0.0381. The molecule has 2 amide bonds. The van der Waals surface area contributed by atoms with Gasteiger partial charge in [0.2, 0.25) is 11.8 Å². The van der Waals surface area contributed by atoms with Gasteiger partial charge in [0.15, 0.2) is 0 Å². The Morgan fingerprint density at radius 1 is 0.297 bits per heavy atom. The summed E-state index contributed by atoms with van der Waals surface area (Å²) in [6.07, 6.45) is 0. The summed E-state index contributed by atoms with van der Waals surface area (Å²) < 4.78 is 10.8. The van der Waals surface area contributed by atoms with Crippen molar-refractivity contribution in [2.45, 2.75) is 0 Å². The molecule has 0 fully saturated rings. The van der Waals surface area contributed by atoms with Crippen LogP contribution in [0, 0.1) is 0 Å². The summed E-state index contributed by atoms with van der Waals surface area (Å²) in [7, 11) is 3.24. The van der Waals surface area contributed by atoms with Gasteiger partial charge in [-0.3, -0.25) is 14.4 Å². The zero-order valence-electron chi connectivity index (χ0n) is 49.6. The van der Waals surface area contributed by atoms with Crippen molar-refractivity contribution in [2.75, 3.05) is 36.3 Å². The van der Waals surface area contributed by atoms with Crippen LogP contribution in [0.1, 0.15) is 53.3 Å². The summed E-state index contributed by atoms with van der Waals surface area (Å²) in [4.78, 5) is 52.5. The molecule has 11 aromatic rings. The fraction of sp³-hybridized carbons (Fsp3) is 0.0267. The molecule has 0 aliphatic heterocycles. The molecule has 11 aromatic carbocycles. The Bertz CT molecular complexity index is 3870. The Hall–Kier alpha value is -11.2. The van der Waals surface area contributed by atoms with E-state index >= 15 is 0 Å². The zero-order valence-corrected chi connectivity index (χ0v) is 51.8. The van der Waals surface area contributed by atoms with E-state index in [0.29, 0.717) is 50.2 Å². The van der Waals surface area contributed by atoms with Crippen molar-refractivity contribution in [3.63, 3.8) is 0 Å². The summed E-state index contributed by atoms with van der Waals surface area (Å²) in [6.45, 7) is 0. The van der Waals surface area contributed by atoms with Crippen LogP contribution in [-0.2, 0) is 9.47 Å². The van der Waals surface area contributed by atoms with Gasteiger partial charge in [-0.2, -0.15) is 0 Å². The van der Waals surface area contributed by atoms with Crippen LogP contribution in [0.15, 0.2) is 329 Å². The van der Waals surface area contributed by atoms with E-state index in [1.54, 1.807) is 111 Å². The van der Waals surface area contributed by atoms with Gasteiger partial charge < -0.3 is 31.6 Å². The first kappa shape index (κ1) is 67.3. The van der Waals surface area contributed by atoms with Crippen molar-refractivity contribution >= 4 is 119 Å². The first-order valence-electron chi connectivity index (χ1n) is 28.2. The van der Waals surface area contributed by atoms with Gasteiger partial charge >= 0.3 is 0 Å². The van der Waals surface area contributed by atoms with E-state index in [0.717, 1.165) is 56.4 Å². The largest absolute Gasteiger partial charge is 0.481 e. The number of amides is 2.